The topological polar surface area (TPSA) is 622 Å². The molecule has 3 unspecified atom stereocenters. The summed E-state index contributed by atoms with van der Waals surface area (Å²) in [7, 11) is 0. The van der Waals surface area contributed by atoms with Gasteiger partial charge in [0.05, 0.1) is 19.6 Å². The van der Waals surface area contributed by atoms with Crippen LogP contribution in [0.2, 0.25) is 0 Å². The number of ether oxygens (including phenoxy) is 23. The molecule has 4 saturated heterocycles. The summed E-state index contributed by atoms with van der Waals surface area (Å²) in [5.41, 5.74) is 3.31. The van der Waals surface area contributed by atoms with Crippen LogP contribution in [-0.4, -0.2) is 317 Å². The van der Waals surface area contributed by atoms with Crippen LogP contribution < -0.4 is 21.3 Å². The molecule has 2 aromatic rings. The van der Waals surface area contributed by atoms with Crippen molar-refractivity contribution in [1.29, 1.82) is 0 Å². The van der Waals surface area contributed by atoms with Crippen LogP contribution >= 0.6 is 0 Å². The summed E-state index contributed by atoms with van der Waals surface area (Å²) in [6.07, 6.45) is -50.8. The van der Waals surface area contributed by atoms with E-state index in [1.165, 1.54) is 0 Å². The Bertz CT molecular complexity index is 4400. The molecule has 0 radical (unpaired) electrons. The van der Waals surface area contributed by atoms with E-state index in [-0.39, 0.29) is 12.9 Å². The van der Waals surface area contributed by atoms with Gasteiger partial charge in [-0.05, 0) is 22.3 Å². The van der Waals surface area contributed by atoms with Crippen molar-refractivity contribution in [2.75, 3.05) is 39.6 Å². The monoisotopic (exact) mass is 1830 g/mol. The lowest BCUT2D eigenvalue weighted by Gasteiger charge is -2.51. The number of carboxylic acid groups (broad SMARTS) is 1. The summed E-state index contributed by atoms with van der Waals surface area (Å²) in [4.78, 5) is 267. The first-order chi connectivity index (χ1) is 60.7. The Kier molecular flexibility index (Phi) is 38.6. The van der Waals surface area contributed by atoms with Gasteiger partial charge < -0.3 is 140 Å². The fourth-order valence-electron chi connectivity index (χ4n) is 14.7. The van der Waals surface area contributed by atoms with Crippen molar-refractivity contribution in [3.05, 3.63) is 59.7 Å². The molecule has 129 heavy (non-hydrogen) atoms. The van der Waals surface area contributed by atoms with Gasteiger partial charge in [-0.25, -0.2) is 9.59 Å². The molecule has 0 aromatic heterocycles. The van der Waals surface area contributed by atoms with E-state index in [1.807, 2.05) is 36.4 Å². The zero-order valence-corrected chi connectivity index (χ0v) is 72.7. The summed E-state index contributed by atoms with van der Waals surface area (Å²) in [5.74, 6) is -22.1. The Morgan fingerprint density at radius 1 is 0.380 bits per heavy atom. The first kappa shape index (κ1) is 104. The number of carboxylic acids is 1. The van der Waals surface area contributed by atoms with Gasteiger partial charge in [0.25, 0.3) is 0 Å². The van der Waals surface area contributed by atoms with Gasteiger partial charge in [0.15, 0.2) is 86.2 Å². The number of amides is 4. The van der Waals surface area contributed by atoms with E-state index in [4.69, 9.17) is 109 Å². The van der Waals surface area contributed by atoms with E-state index < -0.39 is 312 Å². The third kappa shape index (κ3) is 30.3. The van der Waals surface area contributed by atoms with Gasteiger partial charge in [0, 0.05) is 117 Å². The molecule has 4 amide bonds. The zero-order valence-electron chi connectivity index (χ0n) is 72.7. The number of carbonyl (C=O) groups is 20. The van der Waals surface area contributed by atoms with Crippen molar-refractivity contribution in [3.8, 4) is 11.1 Å². The molecule has 48 heteroatoms. The highest BCUT2D eigenvalue weighted by Crippen LogP contribution is 2.45. The van der Waals surface area contributed by atoms with Gasteiger partial charge in [-0.15, -0.1) is 0 Å². The van der Waals surface area contributed by atoms with Crippen LogP contribution in [0.15, 0.2) is 48.5 Å². The number of benzene rings is 2. The lowest BCUT2D eigenvalue weighted by atomic mass is 9.93. The molecule has 25 atom stereocenters. The molecule has 4 fully saturated rings. The van der Waals surface area contributed by atoms with Crippen LogP contribution in [0.25, 0.3) is 11.1 Å². The molecule has 710 valence electrons. The largest absolute Gasteiger partial charge is 0.480 e. The number of aliphatic carboxylic acids is 1. The van der Waals surface area contributed by atoms with E-state index in [9.17, 15) is 101 Å². The van der Waals surface area contributed by atoms with Crippen LogP contribution in [0.5, 0.6) is 0 Å². The van der Waals surface area contributed by atoms with Crippen LogP contribution in [0, 0.1) is 0 Å². The molecule has 5 N–H and O–H groups in total. The number of esters is 14. The second-order valence-corrected chi connectivity index (χ2v) is 29.6. The van der Waals surface area contributed by atoms with E-state index in [0.29, 0.717) is 0 Å². The maximum atomic E-state index is 14.2. The third-order valence-electron chi connectivity index (χ3n) is 19.2. The highest BCUT2D eigenvalue weighted by molar-refractivity contribution is 5.88. The summed E-state index contributed by atoms with van der Waals surface area (Å²) in [5, 5.41) is 19.6. The fourth-order valence-corrected chi connectivity index (χ4v) is 14.7. The standard InChI is InChI=1S/C81H102N4O44/c1-33(87)83-55(27-86)63(113-39(7)93)64(56(112-38(6)92)26-82-61(103)25-54(76(104)105)85-81(106)111-28-53-51-23-19-17-21-49(51)50-22-18-20-24-52(50)53)127-77-62(84-34(2)88)69(117-43(11)97)65(57(123-77)29-107-35(3)89)128-79-75(122-48(16)102)72(129-80-74(121-47(15)101)71(119-45(13)99)67(115-41(9)95)59(125-80)31-109-37(5)91)68(116-42(10)96)60(126-79)32-110-78-73(120-46(14)100)70(118-44(12)98)66(114-40(8)94)58(124-78)30-108-36(4)90/h17-24,27,53-60,62-75,77-80H,25-26,28-32H2,1-16H3,(H,82,103)(H,83,87)(H,84,88)(H,85,106)(H,104,105)/t54?,55?,56-,57-,58-,59-,60-,62?,63-,64-,65-,66-,67-,68-,69-,70+,71+,72+,73+,74+,75+,77+,78+,79+,80-/m1/s1. The molecular formula is C81H102N4O44. The fraction of sp³-hybridized carbons (Fsp3) is 0.605. The number of carbonyl (C=O) groups excluding carboxylic acids is 19. The minimum absolute atomic E-state index is 0.00816. The third-order valence-corrected chi connectivity index (χ3v) is 19.2. The molecule has 1 aliphatic carbocycles. The van der Waals surface area contributed by atoms with Crippen LogP contribution in [0.3, 0.4) is 0 Å². The summed E-state index contributed by atoms with van der Waals surface area (Å²) >= 11 is 0. The molecule has 48 nitrogen and oxygen atoms in total. The Morgan fingerprint density at radius 2 is 0.760 bits per heavy atom. The molecule has 0 bridgehead atoms. The zero-order chi connectivity index (χ0) is 95.7. The van der Waals surface area contributed by atoms with E-state index in [1.54, 1.807) is 12.1 Å². The van der Waals surface area contributed by atoms with Crippen molar-refractivity contribution in [1.82, 2.24) is 21.3 Å². The first-order valence-electron chi connectivity index (χ1n) is 39.8. The molecule has 4 heterocycles. The van der Waals surface area contributed by atoms with Crippen molar-refractivity contribution < 1.29 is 210 Å². The highest BCUT2D eigenvalue weighted by Gasteiger charge is 2.62. The van der Waals surface area contributed by atoms with Gasteiger partial charge in [0.2, 0.25) is 17.7 Å². The van der Waals surface area contributed by atoms with Crippen LogP contribution in [0.1, 0.15) is 134 Å². The summed E-state index contributed by atoms with van der Waals surface area (Å²) in [6, 6.07) is 8.15. The molecule has 7 rings (SSSR count). The van der Waals surface area contributed by atoms with E-state index >= 15 is 0 Å². The predicted octanol–water partition coefficient (Wildman–Crippen LogP) is -1.30. The minimum atomic E-state index is -2.58. The van der Waals surface area contributed by atoms with Gasteiger partial charge >= 0.3 is 95.6 Å². The van der Waals surface area contributed by atoms with Gasteiger partial charge in [-0.3, -0.25) is 81.5 Å². The average molecular weight is 1840 g/mol. The van der Waals surface area contributed by atoms with Crippen molar-refractivity contribution in [3.63, 3.8) is 0 Å². The summed E-state index contributed by atoms with van der Waals surface area (Å²) in [6.45, 7) is 8.27. The van der Waals surface area contributed by atoms with Crippen molar-refractivity contribution in [2.45, 2.75) is 276 Å². The Balaban J connectivity index is 1.41. The van der Waals surface area contributed by atoms with Crippen molar-refractivity contribution in [2.24, 2.45) is 0 Å². The Morgan fingerprint density at radius 3 is 1.18 bits per heavy atom. The average Bonchev–Trinajstić information content (AvgIpc) is 1.73. The smallest absolute Gasteiger partial charge is 0.407 e. The second kappa shape index (κ2) is 48.1. The van der Waals surface area contributed by atoms with Gasteiger partial charge in [0.1, 0.15) is 99.7 Å². The van der Waals surface area contributed by atoms with E-state index in [0.717, 1.165) is 133 Å². The van der Waals surface area contributed by atoms with Gasteiger partial charge in [-0.2, -0.15) is 0 Å². The predicted molar refractivity (Wildman–Crippen MR) is 415 cm³/mol. The number of alkyl carbamates (subject to hydrolysis) is 1. The quantitative estimate of drug-likeness (QED) is 0.0294. The number of hydrogen-bond donors (Lipinski definition) is 5. The molecule has 4 aliphatic heterocycles. The maximum Gasteiger partial charge on any atom is 0.407 e. The molecule has 0 saturated carbocycles. The molecular weight excluding hydrogens is 1730 g/mol. The molecule has 0 spiro atoms. The normalized spacial score (nSPS) is 26.7. The minimum Gasteiger partial charge on any atom is -0.480 e. The maximum absolute atomic E-state index is 14.2. The summed E-state index contributed by atoms with van der Waals surface area (Å²) < 4.78 is 137. The lowest BCUT2D eigenvalue weighted by molar-refractivity contribution is -0.383. The molecule has 2 aromatic carbocycles. The second-order valence-electron chi connectivity index (χ2n) is 29.6. The number of nitrogens with one attached hydrogen (secondary N) is 4. The Hall–Kier alpha value is -12.5. The van der Waals surface area contributed by atoms with Gasteiger partial charge in [-0.1, -0.05) is 48.5 Å². The van der Waals surface area contributed by atoms with Crippen LogP contribution in [-0.2, 0) is 200 Å². The SMILES string of the molecule is CC(=O)NC(C=O)[C@@H](OC(C)=O)[C@H](O[C@@H]1O[C@H](COC(C)=O)[C@@H](O[C@@H]2O[C@H](CO[C@H]3O[C@H](COC(C)=O)[C@@H](OC(C)=O)[C@H](OC(C)=O)[C@@H]3OC(C)=O)[C@@H](OC(C)=O)[C@H](O[C@H]3O[C@H](COC(C)=O)[C@@H](OC(C)=O)[C@H](OC(C)=O)[C@@H]3OC(C)=O)[C@@H]2OC(C)=O)[C@H](OC(C)=O)C1NC(C)=O)[C@@H](CNC(=O)CC(NC(=O)OCC1c2ccccc2-c2ccccc21)C(=O)O)OC(C)=O. The highest BCUT2D eigenvalue weighted by atomic mass is 16.8. The Labute approximate surface area is 734 Å². The van der Waals surface area contributed by atoms with Crippen LogP contribution in [0.4, 0.5) is 4.79 Å². The molecule has 5 aliphatic rings. The number of rotatable bonds is 40. The van der Waals surface area contributed by atoms with E-state index in [2.05, 4.69) is 21.3 Å². The lowest BCUT2D eigenvalue weighted by Crippen LogP contribution is -2.71. The number of fused-ring (bicyclic) bond motifs is 3. The van der Waals surface area contributed by atoms with Crippen molar-refractivity contribution >= 4 is 120 Å². The number of hydrogen-bond acceptors (Lipinski definition) is 43. The first-order valence-corrected chi connectivity index (χ1v) is 39.8. The number of aldehydes is 1.